The molecule has 14 heteroatoms. The number of rotatable bonds is 20. The van der Waals surface area contributed by atoms with E-state index in [2.05, 4.69) is 33.4 Å². The molecule has 330 valence electrons. The van der Waals surface area contributed by atoms with Crippen LogP contribution in [0.25, 0.3) is 21.9 Å². The van der Waals surface area contributed by atoms with Gasteiger partial charge in [-0.25, -0.2) is 9.59 Å². The molecule has 1 aliphatic rings. The van der Waals surface area contributed by atoms with E-state index in [1.165, 1.54) is 11.3 Å². The first-order chi connectivity index (χ1) is 31.0. The van der Waals surface area contributed by atoms with Crippen LogP contribution in [-0.4, -0.2) is 72.2 Å². The SMILES string of the molecule is N[C@@H](Cc1cccs1)C(=O)N[C@@H](Cc1ccc2ccccc2c1)C(=O)N[C@@H](Cc1ccc(Cl)cc1)C(=O)N[C@@H](CCCCNC(=O)OCC1c2ccccc2-c2ccccc21)C(=O)O. The zero-order chi connectivity index (χ0) is 45.0. The molecule has 0 spiro atoms. The molecule has 0 saturated carbocycles. The van der Waals surface area contributed by atoms with Gasteiger partial charge in [0.25, 0.3) is 0 Å². The second-order valence-electron chi connectivity index (χ2n) is 15.9. The number of nitrogens with two attached hydrogens (primary N) is 1. The third kappa shape index (κ3) is 11.9. The molecule has 4 atom stereocenters. The highest BCUT2D eigenvalue weighted by molar-refractivity contribution is 7.09. The number of aliphatic carboxylic acids is 1. The minimum absolute atomic E-state index is 0.000325. The zero-order valence-electron chi connectivity index (χ0n) is 35.0. The molecule has 1 heterocycles. The fourth-order valence-electron chi connectivity index (χ4n) is 8.01. The number of amides is 4. The molecule has 0 unspecified atom stereocenters. The van der Waals surface area contributed by atoms with Crippen LogP contribution < -0.4 is 27.0 Å². The molecular weight excluding hydrogens is 850 g/mol. The van der Waals surface area contributed by atoms with Crippen molar-refractivity contribution in [3.05, 3.63) is 165 Å². The van der Waals surface area contributed by atoms with Gasteiger partial charge in [-0.2, -0.15) is 0 Å². The Labute approximate surface area is 380 Å². The van der Waals surface area contributed by atoms with Crippen molar-refractivity contribution >= 4 is 63.5 Å². The number of nitrogens with one attached hydrogen (secondary N) is 4. The van der Waals surface area contributed by atoms with Crippen LogP contribution >= 0.6 is 22.9 Å². The average molecular weight is 900 g/mol. The number of fused-ring (bicyclic) bond motifs is 4. The smallest absolute Gasteiger partial charge is 0.407 e. The molecule has 5 aromatic carbocycles. The fraction of sp³-hybridized carbons (Fsp3) is 0.260. The maximum Gasteiger partial charge on any atom is 0.407 e. The van der Waals surface area contributed by atoms with E-state index >= 15 is 0 Å². The van der Waals surface area contributed by atoms with Gasteiger partial charge in [0.2, 0.25) is 17.7 Å². The van der Waals surface area contributed by atoms with Gasteiger partial charge in [0, 0.05) is 41.6 Å². The van der Waals surface area contributed by atoms with E-state index in [9.17, 15) is 29.1 Å². The molecule has 7 N–H and O–H groups in total. The molecule has 64 heavy (non-hydrogen) atoms. The Morgan fingerprint density at radius 1 is 0.656 bits per heavy atom. The Balaban J connectivity index is 0.972. The number of hydrogen-bond donors (Lipinski definition) is 6. The Morgan fingerprint density at radius 3 is 1.91 bits per heavy atom. The number of alkyl carbamates (subject to hydrolysis) is 1. The van der Waals surface area contributed by atoms with Crippen molar-refractivity contribution in [2.24, 2.45) is 5.73 Å². The average Bonchev–Trinajstić information content (AvgIpc) is 3.93. The summed E-state index contributed by atoms with van der Waals surface area (Å²) in [4.78, 5) is 67.9. The van der Waals surface area contributed by atoms with Gasteiger partial charge in [-0.1, -0.05) is 121 Å². The fourth-order valence-corrected chi connectivity index (χ4v) is 8.90. The number of carbonyl (C=O) groups excluding carboxylic acids is 4. The molecule has 0 fully saturated rings. The Hall–Kier alpha value is -6.54. The standard InChI is InChI=1S/C50H50ClN5O7S/c51-35-22-19-31(20-23-35)27-44(56-48(59)45(55-46(57)42(52)29-36-12-9-25-64-36)28-32-18-21-33-10-1-2-11-34(33)26-32)47(58)54-43(49(60)61)17-7-8-24-53-50(62)63-30-41-39-15-5-3-13-37(39)38-14-4-6-16-40(38)41/h1-6,9-16,18-23,25-26,41-45H,7-8,17,24,27-30,52H2,(H,53,62)(H,54,58)(H,55,57)(H,56,59)(H,60,61)/t42-,43-,44-,45-/m0/s1. The Bertz CT molecular complexity index is 2540. The predicted octanol–water partition coefficient (Wildman–Crippen LogP) is 7.16. The highest BCUT2D eigenvalue weighted by Crippen LogP contribution is 2.44. The van der Waals surface area contributed by atoms with Crippen LogP contribution in [0.5, 0.6) is 0 Å². The van der Waals surface area contributed by atoms with E-state index in [1.807, 2.05) is 96.4 Å². The third-order valence-corrected chi connectivity index (χ3v) is 12.5. The van der Waals surface area contributed by atoms with Crippen LogP contribution in [0.1, 0.15) is 52.3 Å². The number of halogens is 1. The van der Waals surface area contributed by atoms with E-state index in [0.29, 0.717) is 23.4 Å². The van der Waals surface area contributed by atoms with Gasteiger partial charge in [0.05, 0.1) is 6.04 Å². The van der Waals surface area contributed by atoms with Crippen molar-refractivity contribution in [3.63, 3.8) is 0 Å². The Kier molecular flexibility index (Phi) is 15.4. The van der Waals surface area contributed by atoms with Gasteiger partial charge < -0.3 is 36.8 Å². The second-order valence-corrected chi connectivity index (χ2v) is 17.3. The van der Waals surface area contributed by atoms with E-state index in [4.69, 9.17) is 22.1 Å². The minimum atomic E-state index is -1.30. The van der Waals surface area contributed by atoms with Crippen LogP contribution in [0.4, 0.5) is 4.79 Å². The predicted molar refractivity (Wildman–Crippen MR) is 249 cm³/mol. The van der Waals surface area contributed by atoms with Gasteiger partial charge in [-0.3, -0.25) is 14.4 Å². The molecule has 1 aromatic heterocycles. The lowest BCUT2D eigenvalue weighted by atomic mass is 9.98. The lowest BCUT2D eigenvalue weighted by Crippen LogP contribution is -2.58. The first-order valence-electron chi connectivity index (χ1n) is 21.2. The summed E-state index contributed by atoms with van der Waals surface area (Å²) in [6.07, 6.45) is 0.603. The van der Waals surface area contributed by atoms with Crippen molar-refractivity contribution in [1.82, 2.24) is 21.3 Å². The van der Waals surface area contributed by atoms with Gasteiger partial charge in [-0.15, -0.1) is 11.3 Å². The van der Waals surface area contributed by atoms with Crippen LogP contribution in [0.2, 0.25) is 5.02 Å². The summed E-state index contributed by atoms with van der Waals surface area (Å²) >= 11 is 7.61. The summed E-state index contributed by atoms with van der Waals surface area (Å²) in [5, 5.41) is 25.5. The number of thiophene rings is 1. The molecular formula is C50H50ClN5O7S. The van der Waals surface area contributed by atoms with Crippen molar-refractivity contribution in [2.75, 3.05) is 13.2 Å². The Morgan fingerprint density at radius 2 is 1.25 bits per heavy atom. The zero-order valence-corrected chi connectivity index (χ0v) is 36.6. The third-order valence-electron chi connectivity index (χ3n) is 11.4. The van der Waals surface area contributed by atoms with Crippen LogP contribution in [-0.2, 0) is 43.2 Å². The monoisotopic (exact) mass is 899 g/mol. The van der Waals surface area contributed by atoms with Gasteiger partial charge >= 0.3 is 12.1 Å². The largest absolute Gasteiger partial charge is 0.480 e. The van der Waals surface area contributed by atoms with Crippen LogP contribution in [0, 0.1) is 0 Å². The maximum absolute atomic E-state index is 14.3. The van der Waals surface area contributed by atoms with Crippen molar-refractivity contribution in [2.45, 2.75) is 68.6 Å². The molecule has 0 saturated heterocycles. The number of hydrogen-bond acceptors (Lipinski definition) is 8. The first kappa shape index (κ1) is 45.5. The van der Waals surface area contributed by atoms with Crippen molar-refractivity contribution < 1.29 is 33.8 Å². The van der Waals surface area contributed by atoms with E-state index < -0.39 is 54.0 Å². The number of carbonyl (C=O) groups is 5. The number of benzene rings is 5. The van der Waals surface area contributed by atoms with Gasteiger partial charge in [0.1, 0.15) is 24.7 Å². The van der Waals surface area contributed by atoms with Crippen molar-refractivity contribution in [3.8, 4) is 11.1 Å². The quantitative estimate of drug-likeness (QED) is 0.0436. The topological polar surface area (TPSA) is 189 Å². The summed E-state index contributed by atoms with van der Waals surface area (Å²) in [5.74, 6) is -3.24. The van der Waals surface area contributed by atoms with Crippen molar-refractivity contribution in [1.29, 1.82) is 0 Å². The summed E-state index contributed by atoms with van der Waals surface area (Å²) < 4.78 is 5.62. The molecule has 6 aromatic rings. The molecule has 12 nitrogen and oxygen atoms in total. The molecule has 0 aliphatic heterocycles. The normalized spacial score (nSPS) is 13.7. The molecule has 7 rings (SSSR count). The number of carboxylic acids is 1. The highest BCUT2D eigenvalue weighted by atomic mass is 35.5. The highest BCUT2D eigenvalue weighted by Gasteiger charge is 2.32. The van der Waals surface area contributed by atoms with E-state index in [1.54, 1.807) is 24.3 Å². The number of ether oxygens (including phenoxy) is 1. The lowest BCUT2D eigenvalue weighted by Gasteiger charge is -2.25. The maximum atomic E-state index is 14.3. The summed E-state index contributed by atoms with van der Waals surface area (Å²) in [7, 11) is 0. The first-order valence-corrected chi connectivity index (χ1v) is 22.5. The van der Waals surface area contributed by atoms with E-state index in [0.717, 1.165) is 43.5 Å². The minimum Gasteiger partial charge on any atom is -0.480 e. The molecule has 0 bridgehead atoms. The summed E-state index contributed by atoms with van der Waals surface area (Å²) in [5.41, 5.74) is 12.2. The molecule has 0 radical (unpaired) electrons. The van der Waals surface area contributed by atoms with Crippen LogP contribution in [0.15, 0.2) is 133 Å². The van der Waals surface area contributed by atoms with Crippen LogP contribution in [0.3, 0.4) is 0 Å². The second kappa shape index (κ2) is 21.7. The lowest BCUT2D eigenvalue weighted by molar-refractivity contribution is -0.142. The summed E-state index contributed by atoms with van der Waals surface area (Å²) in [6, 6.07) is 35.5. The molecule has 4 amide bonds. The van der Waals surface area contributed by atoms with E-state index in [-0.39, 0.29) is 44.8 Å². The summed E-state index contributed by atoms with van der Waals surface area (Å²) in [6.45, 7) is 0.397. The number of carboxylic acid groups (broad SMARTS) is 1. The van der Waals surface area contributed by atoms with Gasteiger partial charge in [-0.05, 0) is 87.0 Å². The molecule has 1 aliphatic carbocycles. The van der Waals surface area contributed by atoms with Gasteiger partial charge in [0.15, 0.2) is 0 Å². The number of unbranched alkanes of at least 4 members (excludes halogenated alkanes) is 1.